The van der Waals surface area contributed by atoms with Crippen molar-refractivity contribution in [1.29, 1.82) is 0 Å². The maximum Gasteiger partial charge on any atom is 0.0409 e. The molecule has 0 unspecified atom stereocenters. The summed E-state index contributed by atoms with van der Waals surface area (Å²) in [6.45, 7) is 5.88. The predicted molar refractivity (Wildman–Crippen MR) is 64.1 cm³/mol. The lowest BCUT2D eigenvalue weighted by Crippen LogP contribution is -1.91. The molecule has 0 saturated heterocycles. The highest BCUT2D eigenvalue weighted by molar-refractivity contribution is 6.30. The lowest BCUT2D eigenvalue weighted by Gasteiger charge is -2.06. The molecule has 0 heterocycles. The Kier molecular flexibility index (Phi) is 3.08. The first kappa shape index (κ1) is 10.3. The summed E-state index contributed by atoms with van der Waals surface area (Å²) in [7, 11) is 0. The second-order valence-electron chi connectivity index (χ2n) is 3.51. The minimum absolute atomic E-state index is 0.732. The molecule has 2 rings (SSSR count). The van der Waals surface area contributed by atoms with Gasteiger partial charge in [0, 0.05) is 5.02 Å². The Balaban J connectivity index is 2.28. The van der Waals surface area contributed by atoms with Crippen LogP contribution >= 0.6 is 11.6 Å². The number of rotatable bonds is 2. The Morgan fingerprint density at radius 1 is 1.00 bits per heavy atom. The molecule has 2 aromatic carbocycles. The molecule has 0 fully saturated rings. The molecule has 0 aliphatic heterocycles. The Labute approximate surface area is 95.5 Å². The van der Waals surface area contributed by atoms with Gasteiger partial charge in [0.1, 0.15) is 0 Å². The topological polar surface area (TPSA) is 0 Å². The molecule has 74 valence electrons. The van der Waals surface area contributed by atoms with Gasteiger partial charge in [-0.3, -0.25) is 0 Å². The van der Waals surface area contributed by atoms with Crippen LogP contribution in [0.4, 0.5) is 0 Å². The molecule has 0 spiro atoms. The van der Waals surface area contributed by atoms with Crippen LogP contribution in [0.1, 0.15) is 16.7 Å². The van der Waals surface area contributed by atoms with Crippen molar-refractivity contribution in [1.82, 2.24) is 0 Å². The maximum absolute atomic E-state index is 5.93. The first-order chi connectivity index (χ1) is 7.25. The summed E-state index contributed by atoms with van der Waals surface area (Å²) in [5, 5.41) is 0.732. The van der Waals surface area contributed by atoms with E-state index >= 15 is 0 Å². The summed E-state index contributed by atoms with van der Waals surface area (Å²) in [6, 6.07) is 15.8. The Morgan fingerprint density at radius 3 is 2.47 bits per heavy atom. The quantitative estimate of drug-likeness (QED) is 0.709. The highest BCUT2D eigenvalue weighted by Crippen LogP contribution is 2.18. The zero-order valence-electron chi connectivity index (χ0n) is 8.28. The molecular formula is C14H11Cl. The lowest BCUT2D eigenvalue weighted by molar-refractivity contribution is 1.18. The third kappa shape index (κ3) is 2.60. The van der Waals surface area contributed by atoms with E-state index in [9.17, 15) is 0 Å². The summed E-state index contributed by atoms with van der Waals surface area (Å²) in [6.07, 6.45) is 0.827. The Morgan fingerprint density at radius 2 is 1.73 bits per heavy atom. The molecule has 2 aromatic rings. The van der Waals surface area contributed by atoms with E-state index in [4.69, 9.17) is 18.5 Å². The van der Waals surface area contributed by atoms with Gasteiger partial charge in [-0.05, 0) is 42.2 Å². The van der Waals surface area contributed by atoms with E-state index < -0.39 is 0 Å². The fourth-order valence-electron chi connectivity index (χ4n) is 1.54. The van der Waals surface area contributed by atoms with Crippen molar-refractivity contribution >= 4 is 11.6 Å². The zero-order chi connectivity index (χ0) is 10.7. The number of halogens is 1. The third-order valence-electron chi connectivity index (χ3n) is 2.34. The van der Waals surface area contributed by atoms with Crippen molar-refractivity contribution in [2.45, 2.75) is 6.42 Å². The molecule has 0 atom stereocenters. The van der Waals surface area contributed by atoms with Crippen LogP contribution in [0.5, 0.6) is 0 Å². The van der Waals surface area contributed by atoms with Gasteiger partial charge in [-0.2, -0.15) is 0 Å². The van der Waals surface area contributed by atoms with E-state index in [1.165, 1.54) is 5.56 Å². The van der Waals surface area contributed by atoms with Crippen LogP contribution in [0.3, 0.4) is 0 Å². The molecular weight excluding hydrogens is 204 g/mol. The normalized spacial score (nSPS) is 10.3. The van der Waals surface area contributed by atoms with Gasteiger partial charge in [-0.1, -0.05) is 48.0 Å². The van der Waals surface area contributed by atoms with E-state index in [-0.39, 0.29) is 0 Å². The van der Waals surface area contributed by atoms with Crippen molar-refractivity contribution in [3.63, 3.8) is 0 Å². The smallest absolute Gasteiger partial charge is 0.0409 e. The molecule has 0 saturated carbocycles. The standard InChI is InChI=1S/C14H11Cl/c1-11-7-8-14(15)10-13(11)9-12-5-3-2-4-6-12/h1-8,10H,9H2. The van der Waals surface area contributed by atoms with Crippen LogP contribution in [-0.2, 0) is 6.42 Å². The van der Waals surface area contributed by atoms with Gasteiger partial charge in [0.25, 0.3) is 0 Å². The fraction of sp³-hybridized carbons (Fsp3) is 0.0714. The summed E-state index contributed by atoms with van der Waals surface area (Å²) in [4.78, 5) is 0. The Bertz CT molecular complexity index is 446. The number of hydrogen-bond donors (Lipinski definition) is 0. The van der Waals surface area contributed by atoms with Crippen LogP contribution in [0.25, 0.3) is 0 Å². The van der Waals surface area contributed by atoms with Crippen molar-refractivity contribution in [2.24, 2.45) is 0 Å². The predicted octanol–water partition coefficient (Wildman–Crippen LogP) is 3.99. The van der Waals surface area contributed by atoms with Gasteiger partial charge in [0.15, 0.2) is 0 Å². The van der Waals surface area contributed by atoms with Crippen molar-refractivity contribution in [3.8, 4) is 0 Å². The fourth-order valence-corrected chi connectivity index (χ4v) is 1.74. The van der Waals surface area contributed by atoms with Gasteiger partial charge >= 0.3 is 0 Å². The third-order valence-corrected chi connectivity index (χ3v) is 2.58. The molecule has 0 nitrogen and oxygen atoms in total. The molecule has 15 heavy (non-hydrogen) atoms. The molecule has 0 aliphatic rings. The van der Waals surface area contributed by atoms with E-state index in [1.807, 2.05) is 36.4 Å². The van der Waals surface area contributed by atoms with Gasteiger partial charge < -0.3 is 0 Å². The van der Waals surface area contributed by atoms with Crippen molar-refractivity contribution < 1.29 is 0 Å². The zero-order valence-corrected chi connectivity index (χ0v) is 9.04. The molecule has 0 aliphatic carbocycles. The summed E-state index contributed by atoms with van der Waals surface area (Å²) >= 11 is 5.93. The highest BCUT2D eigenvalue weighted by atomic mass is 35.5. The van der Waals surface area contributed by atoms with Crippen LogP contribution in [0.15, 0.2) is 48.5 Å². The second-order valence-corrected chi connectivity index (χ2v) is 3.94. The van der Waals surface area contributed by atoms with Crippen molar-refractivity contribution in [3.05, 3.63) is 77.2 Å². The average Bonchev–Trinajstić information content (AvgIpc) is 2.25. The minimum Gasteiger partial charge on any atom is -0.0843 e. The lowest BCUT2D eigenvalue weighted by atomic mass is 10.0. The summed E-state index contributed by atoms with van der Waals surface area (Å²) in [5.41, 5.74) is 3.11. The maximum atomic E-state index is 5.93. The largest absolute Gasteiger partial charge is 0.0843 e. The van der Waals surface area contributed by atoms with Crippen LogP contribution in [0, 0.1) is 6.92 Å². The molecule has 0 N–H and O–H groups in total. The van der Waals surface area contributed by atoms with Gasteiger partial charge in [0.2, 0.25) is 0 Å². The highest BCUT2D eigenvalue weighted by Gasteiger charge is 2.00. The van der Waals surface area contributed by atoms with E-state index in [0.717, 1.165) is 22.6 Å². The summed E-state index contributed by atoms with van der Waals surface area (Å²) < 4.78 is 0. The van der Waals surface area contributed by atoms with E-state index in [1.54, 1.807) is 0 Å². The van der Waals surface area contributed by atoms with E-state index in [0.29, 0.717) is 0 Å². The molecule has 0 bridgehead atoms. The molecule has 2 radical (unpaired) electrons. The first-order valence-corrected chi connectivity index (χ1v) is 5.21. The average molecular weight is 215 g/mol. The van der Waals surface area contributed by atoms with E-state index in [2.05, 4.69) is 12.1 Å². The molecule has 1 heteroatoms. The minimum atomic E-state index is 0.732. The second kappa shape index (κ2) is 4.50. The first-order valence-electron chi connectivity index (χ1n) is 4.83. The van der Waals surface area contributed by atoms with Gasteiger partial charge in [0.05, 0.1) is 0 Å². The molecule has 0 amide bonds. The van der Waals surface area contributed by atoms with Crippen molar-refractivity contribution in [2.75, 3.05) is 0 Å². The van der Waals surface area contributed by atoms with Gasteiger partial charge in [-0.25, -0.2) is 0 Å². The number of benzene rings is 2. The monoisotopic (exact) mass is 214 g/mol. The van der Waals surface area contributed by atoms with Crippen LogP contribution < -0.4 is 0 Å². The molecule has 0 aromatic heterocycles. The SMILES string of the molecule is [CH]c1ccc(Cl)cc1Cc1ccccc1. The van der Waals surface area contributed by atoms with Crippen LogP contribution in [0.2, 0.25) is 5.02 Å². The van der Waals surface area contributed by atoms with Crippen LogP contribution in [-0.4, -0.2) is 0 Å². The van der Waals surface area contributed by atoms with Gasteiger partial charge in [-0.15, -0.1) is 0 Å². The summed E-state index contributed by atoms with van der Waals surface area (Å²) in [5.74, 6) is 0. The Hall–Kier alpha value is -1.27. The number of hydrogen-bond acceptors (Lipinski definition) is 0.